The summed E-state index contributed by atoms with van der Waals surface area (Å²) in [6.45, 7) is 5.07. The number of carbonyl (C=O) groups is 2. The monoisotopic (exact) mass is 284 g/mol. The Bertz CT molecular complexity index is 410. The molecule has 114 valence electrons. The van der Waals surface area contributed by atoms with Crippen LogP contribution in [0.25, 0.3) is 0 Å². The van der Waals surface area contributed by atoms with Gasteiger partial charge < -0.3 is 20.1 Å². The van der Waals surface area contributed by atoms with Gasteiger partial charge in [-0.3, -0.25) is 4.79 Å². The summed E-state index contributed by atoms with van der Waals surface area (Å²) in [6, 6.07) is -0.190. The minimum Gasteiger partial charge on any atom is -0.481 e. The van der Waals surface area contributed by atoms with Crippen molar-refractivity contribution >= 4 is 12.0 Å². The fourth-order valence-corrected chi connectivity index (χ4v) is 3.27. The normalized spacial score (nSPS) is 29.4. The number of ether oxygens (including phenoxy) is 1. The number of likely N-dealkylation sites (tertiary alicyclic amines) is 1. The van der Waals surface area contributed by atoms with Gasteiger partial charge >= 0.3 is 12.0 Å². The van der Waals surface area contributed by atoms with E-state index in [9.17, 15) is 14.7 Å². The summed E-state index contributed by atoms with van der Waals surface area (Å²) in [7, 11) is 1.60. The van der Waals surface area contributed by atoms with Crippen molar-refractivity contribution < 1.29 is 19.4 Å². The van der Waals surface area contributed by atoms with Crippen molar-refractivity contribution in [1.82, 2.24) is 10.2 Å². The molecule has 1 saturated heterocycles. The maximum atomic E-state index is 12.2. The molecule has 0 bridgehead atoms. The summed E-state index contributed by atoms with van der Waals surface area (Å²) in [5.74, 6) is -0.659. The first-order chi connectivity index (χ1) is 9.31. The van der Waals surface area contributed by atoms with Crippen LogP contribution in [-0.4, -0.2) is 54.4 Å². The topological polar surface area (TPSA) is 78.9 Å². The second-order valence-electron chi connectivity index (χ2n) is 6.55. The number of urea groups is 1. The van der Waals surface area contributed by atoms with Crippen molar-refractivity contribution in [3.8, 4) is 0 Å². The van der Waals surface area contributed by atoms with E-state index in [0.717, 1.165) is 12.8 Å². The van der Waals surface area contributed by atoms with Crippen molar-refractivity contribution in [1.29, 1.82) is 0 Å². The summed E-state index contributed by atoms with van der Waals surface area (Å²) in [5.41, 5.74) is -1.14. The molecular formula is C14H24N2O4. The van der Waals surface area contributed by atoms with Crippen LogP contribution >= 0.6 is 0 Å². The van der Waals surface area contributed by atoms with Crippen molar-refractivity contribution in [3.63, 3.8) is 0 Å². The number of hydrogen-bond donors (Lipinski definition) is 2. The maximum absolute atomic E-state index is 12.2. The van der Waals surface area contributed by atoms with E-state index in [1.54, 1.807) is 12.0 Å². The number of methoxy groups -OCH3 is 1. The van der Waals surface area contributed by atoms with Gasteiger partial charge in [-0.15, -0.1) is 0 Å². The molecule has 6 nitrogen and oxygen atoms in total. The third-order valence-corrected chi connectivity index (χ3v) is 4.80. The summed E-state index contributed by atoms with van der Waals surface area (Å²) >= 11 is 0. The van der Waals surface area contributed by atoms with E-state index in [0.29, 0.717) is 26.1 Å². The van der Waals surface area contributed by atoms with Gasteiger partial charge in [0.2, 0.25) is 0 Å². The third-order valence-electron chi connectivity index (χ3n) is 4.80. The van der Waals surface area contributed by atoms with E-state index in [1.807, 2.05) is 13.8 Å². The highest BCUT2D eigenvalue weighted by atomic mass is 16.5. The molecule has 0 unspecified atom stereocenters. The van der Waals surface area contributed by atoms with Crippen LogP contribution in [0.4, 0.5) is 4.79 Å². The Hall–Kier alpha value is -1.30. The summed E-state index contributed by atoms with van der Waals surface area (Å²) in [6.07, 6.45) is 2.53. The van der Waals surface area contributed by atoms with E-state index < -0.39 is 17.0 Å². The smallest absolute Gasteiger partial charge is 0.317 e. The summed E-state index contributed by atoms with van der Waals surface area (Å²) in [5, 5.41) is 12.3. The number of fused-ring (bicyclic) bond motifs is 1. The minimum absolute atomic E-state index is 0.0983. The fourth-order valence-electron chi connectivity index (χ4n) is 3.27. The lowest BCUT2D eigenvalue weighted by atomic mass is 9.81. The highest BCUT2D eigenvalue weighted by molar-refractivity contribution is 5.80. The van der Waals surface area contributed by atoms with E-state index in [4.69, 9.17) is 4.74 Å². The van der Waals surface area contributed by atoms with Crippen molar-refractivity contribution in [2.45, 2.75) is 38.7 Å². The number of rotatable bonds is 4. The first-order valence-corrected chi connectivity index (χ1v) is 7.12. The molecule has 0 spiro atoms. The average molecular weight is 284 g/mol. The Labute approximate surface area is 119 Å². The number of aliphatic carboxylic acids is 1. The van der Waals surface area contributed by atoms with Crippen molar-refractivity contribution in [2.75, 3.05) is 26.7 Å². The zero-order chi connectivity index (χ0) is 15.0. The molecule has 0 aromatic rings. The molecule has 2 atom stereocenters. The second-order valence-corrected chi connectivity index (χ2v) is 6.55. The van der Waals surface area contributed by atoms with E-state index in [1.165, 1.54) is 0 Å². The molecule has 1 heterocycles. The summed E-state index contributed by atoms with van der Waals surface area (Å²) in [4.78, 5) is 25.4. The number of amides is 2. The molecule has 0 aromatic heterocycles. The van der Waals surface area contributed by atoms with Crippen LogP contribution in [0.3, 0.4) is 0 Å². The van der Waals surface area contributed by atoms with Gasteiger partial charge in [0.25, 0.3) is 0 Å². The van der Waals surface area contributed by atoms with Crippen LogP contribution in [0.5, 0.6) is 0 Å². The van der Waals surface area contributed by atoms with Gasteiger partial charge in [-0.05, 0) is 32.6 Å². The molecule has 0 aromatic carbocycles. The first kappa shape index (κ1) is 15.1. The quantitative estimate of drug-likeness (QED) is 0.816. The largest absolute Gasteiger partial charge is 0.481 e. The highest BCUT2D eigenvalue weighted by Crippen LogP contribution is 2.48. The predicted molar refractivity (Wildman–Crippen MR) is 73.5 cm³/mol. The number of carboxylic acid groups (broad SMARTS) is 1. The van der Waals surface area contributed by atoms with Crippen LogP contribution in [0.2, 0.25) is 0 Å². The minimum atomic E-state index is -0.757. The zero-order valence-corrected chi connectivity index (χ0v) is 12.4. The van der Waals surface area contributed by atoms with E-state index in [2.05, 4.69) is 5.32 Å². The van der Waals surface area contributed by atoms with Gasteiger partial charge in [0.1, 0.15) is 0 Å². The molecule has 1 aliphatic carbocycles. The molecular weight excluding hydrogens is 260 g/mol. The van der Waals surface area contributed by atoms with Crippen LogP contribution in [0, 0.1) is 11.3 Å². The van der Waals surface area contributed by atoms with Crippen LogP contribution in [0.1, 0.15) is 33.1 Å². The number of nitrogens with zero attached hydrogens (tertiary/aromatic N) is 1. The molecule has 1 saturated carbocycles. The molecule has 6 heteroatoms. The lowest BCUT2D eigenvalue weighted by Crippen LogP contribution is -2.46. The van der Waals surface area contributed by atoms with E-state index in [-0.39, 0.29) is 11.9 Å². The van der Waals surface area contributed by atoms with E-state index >= 15 is 0 Å². The molecule has 2 aliphatic rings. The summed E-state index contributed by atoms with van der Waals surface area (Å²) < 4.78 is 5.26. The van der Waals surface area contributed by atoms with Crippen LogP contribution < -0.4 is 5.32 Å². The second kappa shape index (κ2) is 5.24. The van der Waals surface area contributed by atoms with Gasteiger partial charge in [-0.1, -0.05) is 6.42 Å². The number of carboxylic acids is 1. The van der Waals surface area contributed by atoms with Gasteiger partial charge in [-0.25, -0.2) is 4.79 Å². The molecule has 2 N–H and O–H groups in total. The highest BCUT2D eigenvalue weighted by Gasteiger charge is 2.55. The number of carbonyl (C=O) groups excluding carboxylic acids is 1. The molecule has 2 rings (SSSR count). The number of nitrogens with one attached hydrogen (secondary N) is 1. The van der Waals surface area contributed by atoms with Crippen LogP contribution in [0.15, 0.2) is 0 Å². The van der Waals surface area contributed by atoms with Gasteiger partial charge in [-0.2, -0.15) is 0 Å². The standard InChI is InChI=1S/C14H24N2O4/c1-13(2,20-3)8-15-12(19)16-7-10-5-4-6-14(10,9-16)11(17)18/h10H,4-9H2,1-3H3,(H,15,19)(H,17,18)/t10-,14+/m0/s1. The Kier molecular flexibility index (Phi) is 3.95. The maximum Gasteiger partial charge on any atom is 0.317 e. The van der Waals surface area contributed by atoms with Crippen LogP contribution in [-0.2, 0) is 9.53 Å². The van der Waals surface area contributed by atoms with Crippen molar-refractivity contribution in [3.05, 3.63) is 0 Å². The van der Waals surface area contributed by atoms with Crippen molar-refractivity contribution in [2.24, 2.45) is 11.3 Å². The Balaban J connectivity index is 1.96. The fraction of sp³-hybridized carbons (Fsp3) is 0.857. The predicted octanol–water partition coefficient (Wildman–Crippen LogP) is 1.31. The first-order valence-electron chi connectivity index (χ1n) is 7.12. The molecule has 0 radical (unpaired) electrons. The lowest BCUT2D eigenvalue weighted by Gasteiger charge is -2.26. The third kappa shape index (κ3) is 2.61. The van der Waals surface area contributed by atoms with Gasteiger partial charge in [0, 0.05) is 26.7 Å². The Morgan fingerprint density at radius 2 is 2.20 bits per heavy atom. The molecule has 20 heavy (non-hydrogen) atoms. The zero-order valence-electron chi connectivity index (χ0n) is 12.4. The van der Waals surface area contributed by atoms with Gasteiger partial charge in [0.15, 0.2) is 0 Å². The lowest BCUT2D eigenvalue weighted by molar-refractivity contribution is -0.149. The molecule has 1 aliphatic heterocycles. The SMILES string of the molecule is COC(C)(C)CNC(=O)N1C[C@@H]2CCC[C@@]2(C(=O)O)C1. The van der Waals surface area contributed by atoms with Gasteiger partial charge in [0.05, 0.1) is 11.0 Å². The Morgan fingerprint density at radius 1 is 1.50 bits per heavy atom. The number of hydrogen-bond acceptors (Lipinski definition) is 3. The molecule has 2 amide bonds. The average Bonchev–Trinajstić information content (AvgIpc) is 2.93. The Morgan fingerprint density at radius 3 is 2.75 bits per heavy atom. The molecule has 2 fully saturated rings.